The molecule has 1 aromatic carbocycles. The Bertz CT molecular complexity index is 1050. The van der Waals surface area contributed by atoms with Gasteiger partial charge in [-0.15, -0.1) is 11.3 Å². The average Bonchev–Trinajstić information content (AvgIpc) is 3.36. The van der Waals surface area contributed by atoms with Crippen LogP contribution < -0.4 is 5.32 Å². The van der Waals surface area contributed by atoms with Crippen LogP contribution in [0.5, 0.6) is 0 Å². The molecule has 0 aliphatic heterocycles. The van der Waals surface area contributed by atoms with E-state index < -0.39 is 6.10 Å². The highest BCUT2D eigenvalue weighted by atomic mass is 32.1. The topological polar surface area (TPSA) is 71.5 Å². The standard InChI is InChI=1S/C32H49N3O3S/c1-10-23(6)17-31(37)35(9)29(22(4)5)19-30(38-25(8)36)32-34-28(20-39-32)24(7)33-27(16-21(2)3)18-26-14-12-11-13-15-26/h11-15,20-23,27,29-30,33H,7,10,16-19H2,1-6,8-9H3/t23-,27?,29?,30?/m0/s1. The Hall–Kier alpha value is -2.67. The number of hydrogen-bond acceptors (Lipinski definition) is 6. The summed E-state index contributed by atoms with van der Waals surface area (Å²) in [4.78, 5) is 31.8. The fraction of sp³-hybridized carbons (Fsp3) is 0.594. The van der Waals surface area contributed by atoms with Gasteiger partial charge < -0.3 is 15.0 Å². The molecule has 39 heavy (non-hydrogen) atoms. The maximum absolute atomic E-state index is 13.0. The van der Waals surface area contributed by atoms with Crippen molar-refractivity contribution in [2.75, 3.05) is 7.05 Å². The first kappa shape index (κ1) is 32.5. The molecule has 0 fully saturated rings. The molecule has 6 nitrogen and oxygen atoms in total. The molecule has 0 aliphatic rings. The van der Waals surface area contributed by atoms with Crippen molar-refractivity contribution in [2.45, 2.75) is 98.8 Å². The number of ether oxygens (including phenoxy) is 1. The molecule has 0 aliphatic carbocycles. The molecular formula is C32H49N3O3S. The number of nitrogens with zero attached hydrogens (tertiary/aromatic N) is 2. The summed E-state index contributed by atoms with van der Waals surface area (Å²) in [6, 6.07) is 10.6. The van der Waals surface area contributed by atoms with Crippen LogP contribution in [0.4, 0.5) is 0 Å². The van der Waals surface area contributed by atoms with Crippen molar-refractivity contribution < 1.29 is 14.3 Å². The Morgan fingerprint density at radius 2 is 1.77 bits per heavy atom. The predicted octanol–water partition coefficient (Wildman–Crippen LogP) is 7.27. The van der Waals surface area contributed by atoms with Gasteiger partial charge in [0.2, 0.25) is 5.91 Å². The van der Waals surface area contributed by atoms with E-state index in [4.69, 9.17) is 9.72 Å². The van der Waals surface area contributed by atoms with E-state index in [-0.39, 0.29) is 29.9 Å². The Morgan fingerprint density at radius 3 is 2.33 bits per heavy atom. The van der Waals surface area contributed by atoms with E-state index in [1.165, 1.54) is 23.8 Å². The van der Waals surface area contributed by atoms with E-state index in [0.29, 0.717) is 24.7 Å². The highest BCUT2D eigenvalue weighted by molar-refractivity contribution is 7.09. The lowest BCUT2D eigenvalue weighted by Gasteiger charge is -2.34. The van der Waals surface area contributed by atoms with Crippen LogP contribution in [0.3, 0.4) is 0 Å². The lowest BCUT2D eigenvalue weighted by Crippen LogP contribution is -2.42. The summed E-state index contributed by atoms with van der Waals surface area (Å²) in [6.45, 7) is 18.6. The number of aromatic nitrogens is 1. The van der Waals surface area contributed by atoms with Gasteiger partial charge in [0, 0.05) is 44.3 Å². The molecule has 2 rings (SSSR count). The summed E-state index contributed by atoms with van der Waals surface area (Å²) in [5, 5.41) is 6.30. The first-order chi connectivity index (χ1) is 18.4. The second kappa shape index (κ2) is 15.8. The number of hydrogen-bond donors (Lipinski definition) is 1. The molecule has 1 N–H and O–H groups in total. The number of rotatable bonds is 16. The summed E-state index contributed by atoms with van der Waals surface area (Å²) in [5.41, 5.74) is 2.81. The van der Waals surface area contributed by atoms with E-state index in [1.807, 2.05) is 23.4 Å². The Kier molecular flexibility index (Phi) is 13.2. The number of esters is 1. The lowest BCUT2D eigenvalue weighted by atomic mass is 9.95. The molecule has 0 bridgehead atoms. The molecule has 0 radical (unpaired) electrons. The minimum atomic E-state index is -0.531. The molecule has 0 spiro atoms. The molecule has 0 saturated heterocycles. The minimum Gasteiger partial charge on any atom is -0.455 e. The van der Waals surface area contributed by atoms with Crippen molar-refractivity contribution in [3.8, 4) is 0 Å². The SMILES string of the molecule is C=C(NC(Cc1ccccc1)CC(C)C)c1csc(C(CC(C(C)C)N(C)C(=O)C[C@@H](C)CC)OC(C)=O)n1. The molecule has 2 aromatic rings. The van der Waals surface area contributed by atoms with Gasteiger partial charge in [0.05, 0.1) is 11.4 Å². The number of carbonyl (C=O) groups is 2. The Morgan fingerprint density at radius 1 is 1.10 bits per heavy atom. The number of thiazole rings is 1. The summed E-state index contributed by atoms with van der Waals surface area (Å²) in [6.07, 6.45) is 3.35. The molecule has 7 heteroatoms. The third-order valence-electron chi connectivity index (χ3n) is 7.21. The Labute approximate surface area is 240 Å². The van der Waals surface area contributed by atoms with E-state index in [9.17, 15) is 9.59 Å². The Balaban J connectivity index is 2.20. The van der Waals surface area contributed by atoms with Gasteiger partial charge in [0.1, 0.15) is 5.01 Å². The molecule has 0 saturated carbocycles. The van der Waals surface area contributed by atoms with Crippen LogP contribution >= 0.6 is 11.3 Å². The molecule has 1 amide bonds. The minimum absolute atomic E-state index is 0.0825. The molecule has 1 heterocycles. The fourth-order valence-electron chi connectivity index (χ4n) is 4.82. The van der Waals surface area contributed by atoms with Gasteiger partial charge >= 0.3 is 5.97 Å². The van der Waals surface area contributed by atoms with Gasteiger partial charge in [-0.2, -0.15) is 0 Å². The second-order valence-electron chi connectivity index (χ2n) is 11.6. The van der Waals surface area contributed by atoms with Crippen LogP contribution in [0.1, 0.15) is 96.5 Å². The highest BCUT2D eigenvalue weighted by Crippen LogP contribution is 2.32. The molecular weight excluding hydrogens is 506 g/mol. The predicted molar refractivity (Wildman–Crippen MR) is 162 cm³/mol. The number of amides is 1. The van der Waals surface area contributed by atoms with Crippen molar-refractivity contribution in [3.05, 3.63) is 58.6 Å². The third-order valence-corrected chi connectivity index (χ3v) is 8.15. The fourth-order valence-corrected chi connectivity index (χ4v) is 5.70. The largest absolute Gasteiger partial charge is 0.455 e. The van der Waals surface area contributed by atoms with E-state index >= 15 is 0 Å². The number of carbonyl (C=O) groups excluding carboxylic acids is 2. The zero-order valence-electron chi connectivity index (χ0n) is 25.2. The van der Waals surface area contributed by atoms with Crippen LogP contribution in [0.2, 0.25) is 0 Å². The van der Waals surface area contributed by atoms with Gasteiger partial charge in [-0.1, -0.05) is 84.9 Å². The lowest BCUT2D eigenvalue weighted by molar-refractivity contribution is -0.148. The van der Waals surface area contributed by atoms with Gasteiger partial charge in [-0.05, 0) is 36.2 Å². The number of benzene rings is 1. The van der Waals surface area contributed by atoms with Crippen LogP contribution in [0.15, 0.2) is 42.3 Å². The zero-order chi connectivity index (χ0) is 29.1. The molecule has 1 aromatic heterocycles. The van der Waals surface area contributed by atoms with E-state index in [1.54, 1.807) is 0 Å². The smallest absolute Gasteiger partial charge is 0.303 e. The van der Waals surface area contributed by atoms with Crippen molar-refractivity contribution in [1.29, 1.82) is 0 Å². The summed E-state index contributed by atoms with van der Waals surface area (Å²) in [5.74, 6) is 0.825. The van der Waals surface area contributed by atoms with Gasteiger partial charge in [-0.25, -0.2) is 4.98 Å². The third kappa shape index (κ3) is 10.8. The first-order valence-corrected chi connectivity index (χ1v) is 15.2. The summed E-state index contributed by atoms with van der Waals surface area (Å²) in [7, 11) is 1.86. The van der Waals surface area contributed by atoms with Gasteiger partial charge in [0.15, 0.2) is 6.10 Å². The second-order valence-corrected chi connectivity index (χ2v) is 12.5. The van der Waals surface area contributed by atoms with E-state index in [2.05, 4.69) is 77.7 Å². The van der Waals surface area contributed by atoms with Crippen molar-refractivity contribution >= 4 is 28.9 Å². The molecule has 4 atom stereocenters. The monoisotopic (exact) mass is 555 g/mol. The maximum Gasteiger partial charge on any atom is 0.303 e. The average molecular weight is 556 g/mol. The van der Waals surface area contributed by atoms with Crippen molar-refractivity contribution in [2.24, 2.45) is 17.8 Å². The maximum atomic E-state index is 13.0. The van der Waals surface area contributed by atoms with Crippen LogP contribution in [-0.2, 0) is 20.7 Å². The van der Waals surface area contributed by atoms with E-state index in [0.717, 1.165) is 35.7 Å². The molecule has 3 unspecified atom stereocenters. The zero-order valence-corrected chi connectivity index (χ0v) is 26.0. The normalized spacial score (nSPS) is 14.5. The van der Waals surface area contributed by atoms with Crippen molar-refractivity contribution in [3.63, 3.8) is 0 Å². The van der Waals surface area contributed by atoms with Crippen LogP contribution in [-0.4, -0.2) is 40.9 Å². The number of nitrogens with one attached hydrogen (secondary N) is 1. The first-order valence-electron chi connectivity index (χ1n) is 14.3. The quantitative estimate of drug-likeness (QED) is 0.221. The van der Waals surface area contributed by atoms with Gasteiger partial charge in [0.25, 0.3) is 0 Å². The highest BCUT2D eigenvalue weighted by Gasteiger charge is 2.30. The van der Waals surface area contributed by atoms with Crippen LogP contribution in [0.25, 0.3) is 5.70 Å². The molecule has 216 valence electrons. The summed E-state index contributed by atoms with van der Waals surface area (Å²) < 4.78 is 5.78. The van der Waals surface area contributed by atoms with Gasteiger partial charge in [-0.3, -0.25) is 9.59 Å². The van der Waals surface area contributed by atoms with Crippen molar-refractivity contribution in [1.82, 2.24) is 15.2 Å². The van der Waals surface area contributed by atoms with Crippen LogP contribution in [0, 0.1) is 17.8 Å². The summed E-state index contributed by atoms with van der Waals surface area (Å²) >= 11 is 1.47.